The molecule has 0 atom stereocenters. The van der Waals surface area contributed by atoms with E-state index >= 15 is 0 Å². The van der Waals surface area contributed by atoms with Crippen molar-refractivity contribution in [2.24, 2.45) is 0 Å². The molecule has 0 unspecified atom stereocenters. The zero-order chi connectivity index (χ0) is 47.9. The second kappa shape index (κ2) is 20.0. The molecule has 5 nitrogen and oxygen atoms in total. The second-order valence-corrected chi connectivity index (χ2v) is 19.0. The predicted octanol–water partition coefficient (Wildman–Crippen LogP) is 17.6. The first kappa shape index (κ1) is 47.1. The largest absolute Gasteiger partial charge is 0.501 e. The topological polar surface area (TPSA) is 48.8 Å². The van der Waals surface area contributed by atoms with Gasteiger partial charge in [-0.1, -0.05) is 168 Å². The van der Waals surface area contributed by atoms with E-state index in [9.17, 15) is 0 Å². The van der Waals surface area contributed by atoms with Crippen molar-refractivity contribution in [3.8, 4) is 56.4 Å². The van der Waals surface area contributed by atoms with E-state index in [0.29, 0.717) is 17.8 Å². The summed E-state index contributed by atoms with van der Waals surface area (Å²) in [4.78, 5) is 10.2. The molecule has 0 amide bonds. The summed E-state index contributed by atoms with van der Waals surface area (Å²) in [7, 11) is 0. The number of fused-ring (bicyclic) bond motifs is 5. The fraction of sp³-hybridized carbons (Fsp3) is 0.138. The first-order valence-corrected chi connectivity index (χ1v) is 24.4. The summed E-state index contributed by atoms with van der Waals surface area (Å²) < 4.78 is 11.1. The van der Waals surface area contributed by atoms with Gasteiger partial charge in [0.25, 0.3) is 0 Å². The number of hydrogen-bond donors (Lipinski definition) is 0. The summed E-state index contributed by atoms with van der Waals surface area (Å²) in [6.07, 6.45) is 0. The molecule has 0 bridgehead atoms. The molecule has 0 aliphatic rings. The quantitative estimate of drug-likeness (QED) is 0.135. The molecule has 0 saturated carbocycles. The Hall–Kier alpha value is -7.63. The third-order valence-electron chi connectivity index (χ3n) is 13.4. The van der Waals surface area contributed by atoms with Crippen molar-refractivity contribution >= 4 is 44.0 Å². The molecule has 0 aliphatic heterocycles. The number of furan rings is 1. The average Bonchev–Trinajstić information content (AvgIpc) is 4.11. The Labute approximate surface area is 429 Å². The van der Waals surface area contributed by atoms with Crippen LogP contribution in [-0.2, 0) is 20.1 Å². The smallest absolute Gasteiger partial charge is 0.120 e. The maximum absolute atomic E-state index is 6.47. The van der Waals surface area contributed by atoms with Crippen molar-refractivity contribution in [1.29, 1.82) is 0 Å². The van der Waals surface area contributed by atoms with E-state index in [0.717, 1.165) is 66.8 Å². The second-order valence-electron chi connectivity index (χ2n) is 19.0. The Morgan fingerprint density at radius 1 is 0.437 bits per heavy atom. The molecule has 0 saturated heterocycles. The summed E-state index contributed by atoms with van der Waals surface area (Å²) in [5.41, 5.74) is 18.9. The number of aromatic nitrogens is 4. The van der Waals surface area contributed by atoms with Crippen LogP contribution >= 0.6 is 0 Å². The molecule has 71 heavy (non-hydrogen) atoms. The van der Waals surface area contributed by atoms with E-state index in [-0.39, 0.29) is 20.1 Å². The minimum absolute atomic E-state index is 0. The third-order valence-corrected chi connectivity index (χ3v) is 13.4. The first-order chi connectivity index (χ1) is 34.2. The van der Waals surface area contributed by atoms with Gasteiger partial charge in [0.2, 0.25) is 0 Å². The number of rotatable bonds is 9. The van der Waals surface area contributed by atoms with Gasteiger partial charge in [-0.05, 0) is 105 Å². The maximum Gasteiger partial charge on any atom is 0.120 e. The first-order valence-electron chi connectivity index (χ1n) is 24.4. The molecule has 6 heteroatoms. The molecule has 0 fully saturated rings. The number of benzene rings is 9. The molecule has 0 aliphatic carbocycles. The van der Waals surface area contributed by atoms with Crippen LogP contribution in [0.5, 0.6) is 0 Å². The van der Waals surface area contributed by atoms with Gasteiger partial charge in [0.15, 0.2) is 0 Å². The van der Waals surface area contributed by atoms with E-state index in [1.54, 1.807) is 0 Å². The SMILES string of the molecule is CC(C)c1cc(-c2ccccc2)cc(C(C)C)c1-n1c(-c2[c-]ccc3c2oc2ccccc23)nc2ccccc21.CC(C)c1ccc(-c2ccccc2)cc1-n1c(-c2[c-]cccc2)nc2ccccc21.[Ir]. The van der Waals surface area contributed by atoms with Gasteiger partial charge >= 0.3 is 0 Å². The van der Waals surface area contributed by atoms with Crippen LogP contribution in [0.15, 0.2) is 205 Å². The molecule has 351 valence electrons. The van der Waals surface area contributed by atoms with Gasteiger partial charge in [-0.3, -0.25) is 9.97 Å². The molecule has 3 aromatic heterocycles. The molecule has 1 radical (unpaired) electrons. The zero-order valence-electron chi connectivity index (χ0n) is 40.8. The van der Waals surface area contributed by atoms with E-state index in [4.69, 9.17) is 14.4 Å². The summed E-state index contributed by atoms with van der Waals surface area (Å²) >= 11 is 0. The fourth-order valence-electron chi connectivity index (χ4n) is 9.91. The molecule has 9 aromatic carbocycles. The standard InChI is InChI=1S/C37H31N2O.C28H23N2.Ir/c1-23(2)30-21-26(25-13-6-5-7-14-25)22-31(24(3)4)35(30)39-33-19-10-9-18-32(33)38-37(39)29-17-12-16-28-27-15-8-11-20-34(27)40-36(28)29;1-20(2)24-18-17-23(21-11-5-3-6-12-21)19-27(24)30-26-16-10-9-15-25(26)29-28(30)22-13-7-4-8-14-22;/h5-16,18-24H,1-4H3;3-13,15-20H,1-2H3;/q2*-1;. The zero-order valence-corrected chi connectivity index (χ0v) is 43.2. The van der Waals surface area contributed by atoms with Crippen LogP contribution in [0.3, 0.4) is 0 Å². The Morgan fingerprint density at radius 2 is 1.00 bits per heavy atom. The van der Waals surface area contributed by atoms with E-state index < -0.39 is 0 Å². The monoisotopic (exact) mass is 1100 g/mol. The van der Waals surface area contributed by atoms with Crippen LogP contribution in [0.4, 0.5) is 0 Å². The van der Waals surface area contributed by atoms with Crippen LogP contribution in [0.25, 0.3) is 100 Å². The summed E-state index contributed by atoms with van der Waals surface area (Å²) in [5.74, 6) is 2.76. The van der Waals surface area contributed by atoms with Gasteiger partial charge in [-0.2, -0.15) is 0 Å². The van der Waals surface area contributed by atoms with E-state index in [2.05, 4.69) is 221 Å². The minimum atomic E-state index is 0. The molecular weight excluding hydrogens is 1040 g/mol. The summed E-state index contributed by atoms with van der Waals surface area (Å²) in [6, 6.07) is 76.7. The minimum Gasteiger partial charge on any atom is -0.501 e. The number of imidazole rings is 2. The van der Waals surface area contributed by atoms with E-state index in [1.807, 2.05) is 42.5 Å². The predicted molar refractivity (Wildman–Crippen MR) is 291 cm³/mol. The van der Waals surface area contributed by atoms with Crippen molar-refractivity contribution in [3.63, 3.8) is 0 Å². The molecular formula is C65H54IrN4O-2. The van der Waals surface area contributed by atoms with Gasteiger partial charge < -0.3 is 13.6 Å². The van der Waals surface area contributed by atoms with Crippen LogP contribution < -0.4 is 0 Å². The van der Waals surface area contributed by atoms with E-state index in [1.165, 1.54) is 50.3 Å². The summed E-state index contributed by atoms with van der Waals surface area (Å²) in [5, 5.41) is 2.18. The van der Waals surface area contributed by atoms with Crippen LogP contribution in [-0.4, -0.2) is 19.1 Å². The molecule has 0 N–H and O–H groups in total. The Balaban J connectivity index is 0.000000168. The van der Waals surface area contributed by atoms with Crippen LogP contribution in [0.1, 0.15) is 76.0 Å². The molecule has 12 rings (SSSR count). The molecule has 12 aromatic rings. The number of para-hydroxylation sites is 5. The normalized spacial score (nSPS) is 11.5. The van der Waals surface area contributed by atoms with Crippen molar-refractivity contribution in [2.45, 2.75) is 59.3 Å². The van der Waals surface area contributed by atoms with Gasteiger partial charge in [0, 0.05) is 36.9 Å². The van der Waals surface area contributed by atoms with Crippen molar-refractivity contribution in [3.05, 3.63) is 229 Å². The van der Waals surface area contributed by atoms with Gasteiger partial charge in [0.05, 0.1) is 39.3 Å². The average molecular weight is 1100 g/mol. The molecule has 3 heterocycles. The molecule has 0 spiro atoms. The summed E-state index contributed by atoms with van der Waals surface area (Å²) in [6.45, 7) is 13.6. The Bertz CT molecular complexity index is 3780. The van der Waals surface area contributed by atoms with Crippen molar-refractivity contribution in [1.82, 2.24) is 19.1 Å². The Kier molecular flexibility index (Phi) is 13.3. The van der Waals surface area contributed by atoms with Gasteiger partial charge in [0.1, 0.15) is 5.58 Å². The van der Waals surface area contributed by atoms with Crippen molar-refractivity contribution < 1.29 is 24.5 Å². The third kappa shape index (κ3) is 8.84. The number of nitrogens with zero attached hydrogens (tertiary/aromatic N) is 4. The van der Waals surface area contributed by atoms with Crippen LogP contribution in [0.2, 0.25) is 0 Å². The van der Waals surface area contributed by atoms with Crippen molar-refractivity contribution in [2.75, 3.05) is 0 Å². The van der Waals surface area contributed by atoms with Crippen LogP contribution in [0, 0.1) is 12.1 Å². The van der Waals surface area contributed by atoms with Gasteiger partial charge in [-0.25, -0.2) is 0 Å². The fourth-order valence-corrected chi connectivity index (χ4v) is 9.91. The maximum atomic E-state index is 6.47. The Morgan fingerprint density at radius 3 is 1.63 bits per heavy atom. The van der Waals surface area contributed by atoms with Gasteiger partial charge in [-0.15, -0.1) is 54.1 Å². The number of hydrogen-bond acceptors (Lipinski definition) is 3.